The van der Waals surface area contributed by atoms with Gasteiger partial charge < -0.3 is 14.8 Å². The summed E-state index contributed by atoms with van der Waals surface area (Å²) in [6.45, 7) is 2.60. The van der Waals surface area contributed by atoms with Crippen LogP contribution >= 0.6 is 11.8 Å². The van der Waals surface area contributed by atoms with Gasteiger partial charge in [0.15, 0.2) is 11.0 Å². The van der Waals surface area contributed by atoms with Crippen LogP contribution in [-0.4, -0.2) is 43.8 Å². The number of hydrogen-bond acceptors (Lipinski definition) is 5. The molecule has 2 amide bonds. The third-order valence-electron chi connectivity index (χ3n) is 5.54. The van der Waals surface area contributed by atoms with Gasteiger partial charge in [0.05, 0.1) is 17.5 Å². The van der Waals surface area contributed by atoms with Crippen LogP contribution in [0.4, 0.5) is 10.1 Å². The molecule has 0 saturated carbocycles. The molecule has 1 unspecified atom stereocenters. The molecule has 1 atom stereocenters. The Bertz CT molecular complexity index is 1150. The highest BCUT2D eigenvalue weighted by Gasteiger charge is 2.34. The SMILES string of the molecule is Cc1ccccc1C(=O)N1CCCC1c1nnc(SCC(=O)Nc2ccccc2F)n1C. The van der Waals surface area contributed by atoms with E-state index in [0.29, 0.717) is 23.1 Å². The number of para-hydroxylation sites is 1. The van der Waals surface area contributed by atoms with Crippen molar-refractivity contribution >= 4 is 29.3 Å². The number of benzene rings is 2. The van der Waals surface area contributed by atoms with Gasteiger partial charge in [-0.1, -0.05) is 42.1 Å². The fraction of sp³-hybridized carbons (Fsp3) is 0.304. The van der Waals surface area contributed by atoms with Crippen molar-refractivity contribution in [3.8, 4) is 0 Å². The van der Waals surface area contributed by atoms with Crippen LogP contribution in [0.25, 0.3) is 0 Å². The van der Waals surface area contributed by atoms with Crippen molar-refractivity contribution in [3.63, 3.8) is 0 Å². The van der Waals surface area contributed by atoms with Crippen molar-refractivity contribution < 1.29 is 14.0 Å². The Kier molecular flexibility index (Phi) is 6.55. The van der Waals surface area contributed by atoms with Gasteiger partial charge in [-0.05, 0) is 43.5 Å². The number of nitrogens with one attached hydrogen (secondary N) is 1. The fourth-order valence-corrected chi connectivity index (χ4v) is 4.58. The number of carbonyl (C=O) groups is 2. The number of likely N-dealkylation sites (tertiary alicyclic amines) is 1. The molecule has 2 heterocycles. The first-order valence-electron chi connectivity index (χ1n) is 10.4. The molecule has 3 aromatic rings. The monoisotopic (exact) mass is 453 g/mol. The van der Waals surface area contributed by atoms with Gasteiger partial charge in [-0.15, -0.1) is 10.2 Å². The Morgan fingerprint density at radius 1 is 1.16 bits per heavy atom. The van der Waals surface area contributed by atoms with Crippen LogP contribution in [0, 0.1) is 12.7 Å². The van der Waals surface area contributed by atoms with Crippen LogP contribution in [0.15, 0.2) is 53.7 Å². The van der Waals surface area contributed by atoms with E-state index >= 15 is 0 Å². The molecule has 1 aliphatic rings. The lowest BCUT2D eigenvalue weighted by atomic mass is 10.1. The van der Waals surface area contributed by atoms with Crippen LogP contribution in [0.2, 0.25) is 0 Å². The Morgan fingerprint density at radius 3 is 2.69 bits per heavy atom. The van der Waals surface area contributed by atoms with Gasteiger partial charge in [0.25, 0.3) is 5.91 Å². The van der Waals surface area contributed by atoms with Crippen molar-refractivity contribution in [3.05, 3.63) is 71.3 Å². The molecule has 0 bridgehead atoms. The molecule has 4 rings (SSSR count). The number of carbonyl (C=O) groups excluding carboxylic acids is 2. The Labute approximate surface area is 190 Å². The number of halogens is 1. The number of rotatable bonds is 6. The molecule has 32 heavy (non-hydrogen) atoms. The molecule has 1 aliphatic heterocycles. The third-order valence-corrected chi connectivity index (χ3v) is 6.56. The molecule has 0 aliphatic carbocycles. The summed E-state index contributed by atoms with van der Waals surface area (Å²) in [5, 5.41) is 11.7. The number of aromatic nitrogens is 3. The minimum atomic E-state index is -0.480. The molecule has 2 aromatic carbocycles. The number of anilines is 1. The Hall–Kier alpha value is -3.20. The predicted molar refractivity (Wildman–Crippen MR) is 121 cm³/mol. The molecule has 166 valence electrons. The summed E-state index contributed by atoms with van der Waals surface area (Å²) in [5.41, 5.74) is 1.78. The topological polar surface area (TPSA) is 80.1 Å². The first-order valence-corrected chi connectivity index (χ1v) is 11.4. The molecular weight excluding hydrogens is 429 g/mol. The van der Waals surface area contributed by atoms with Crippen LogP contribution in [-0.2, 0) is 11.8 Å². The molecular formula is C23H24FN5O2S. The quantitative estimate of drug-likeness (QED) is 0.572. The van der Waals surface area contributed by atoms with Gasteiger partial charge in [0.2, 0.25) is 5.91 Å². The average molecular weight is 454 g/mol. The average Bonchev–Trinajstić information content (AvgIpc) is 3.40. The first-order chi connectivity index (χ1) is 15.5. The smallest absolute Gasteiger partial charge is 0.254 e. The lowest BCUT2D eigenvalue weighted by Crippen LogP contribution is -2.32. The lowest BCUT2D eigenvalue weighted by Gasteiger charge is -2.24. The van der Waals surface area contributed by atoms with Crippen LogP contribution in [0.1, 0.15) is 40.6 Å². The van der Waals surface area contributed by atoms with Gasteiger partial charge in [-0.25, -0.2) is 4.39 Å². The molecule has 1 N–H and O–H groups in total. The molecule has 0 radical (unpaired) electrons. The van der Waals surface area contributed by atoms with Gasteiger partial charge in [0.1, 0.15) is 5.82 Å². The van der Waals surface area contributed by atoms with E-state index in [1.807, 2.05) is 47.7 Å². The van der Waals surface area contributed by atoms with Crippen LogP contribution in [0.5, 0.6) is 0 Å². The number of amides is 2. The molecule has 1 saturated heterocycles. The summed E-state index contributed by atoms with van der Waals surface area (Å²) in [4.78, 5) is 27.3. The number of hydrogen-bond donors (Lipinski definition) is 1. The summed E-state index contributed by atoms with van der Waals surface area (Å²) in [6.07, 6.45) is 1.70. The van der Waals surface area contributed by atoms with E-state index in [1.165, 1.54) is 23.9 Å². The number of aryl methyl sites for hydroxylation is 1. The predicted octanol–water partition coefficient (Wildman–Crippen LogP) is 3.97. The van der Waals surface area contributed by atoms with Gasteiger partial charge >= 0.3 is 0 Å². The zero-order chi connectivity index (χ0) is 22.7. The highest BCUT2D eigenvalue weighted by atomic mass is 32.2. The van der Waals surface area contributed by atoms with E-state index < -0.39 is 5.82 Å². The van der Waals surface area contributed by atoms with E-state index in [9.17, 15) is 14.0 Å². The highest BCUT2D eigenvalue weighted by Crippen LogP contribution is 2.33. The lowest BCUT2D eigenvalue weighted by molar-refractivity contribution is -0.113. The Balaban J connectivity index is 1.44. The van der Waals surface area contributed by atoms with E-state index in [0.717, 1.165) is 18.4 Å². The summed E-state index contributed by atoms with van der Waals surface area (Å²) in [7, 11) is 1.83. The van der Waals surface area contributed by atoms with Crippen molar-refractivity contribution in [1.29, 1.82) is 0 Å². The third kappa shape index (κ3) is 4.52. The van der Waals surface area contributed by atoms with E-state index in [1.54, 1.807) is 12.1 Å². The van der Waals surface area contributed by atoms with Crippen molar-refractivity contribution in [2.45, 2.75) is 31.0 Å². The number of nitrogens with zero attached hydrogens (tertiary/aromatic N) is 4. The van der Waals surface area contributed by atoms with Gasteiger partial charge in [-0.2, -0.15) is 0 Å². The zero-order valence-electron chi connectivity index (χ0n) is 17.9. The standard InChI is InChI=1S/C23H24FN5O2S/c1-15-8-3-4-9-16(15)22(31)29-13-7-12-19(29)21-26-27-23(28(21)2)32-14-20(30)25-18-11-6-5-10-17(18)24/h3-6,8-11,19H,7,12-14H2,1-2H3,(H,25,30). The minimum absolute atomic E-state index is 0.00734. The maximum atomic E-state index is 13.7. The second kappa shape index (κ2) is 9.52. The second-order valence-corrected chi connectivity index (χ2v) is 8.63. The largest absolute Gasteiger partial charge is 0.328 e. The minimum Gasteiger partial charge on any atom is -0.328 e. The normalized spacial score (nSPS) is 15.7. The zero-order valence-corrected chi connectivity index (χ0v) is 18.7. The van der Waals surface area contributed by atoms with E-state index in [-0.39, 0.29) is 29.3 Å². The van der Waals surface area contributed by atoms with Gasteiger partial charge in [0, 0.05) is 19.2 Å². The molecule has 9 heteroatoms. The van der Waals surface area contributed by atoms with Crippen molar-refractivity contribution in [1.82, 2.24) is 19.7 Å². The summed E-state index contributed by atoms with van der Waals surface area (Å²) < 4.78 is 15.6. The fourth-order valence-electron chi connectivity index (χ4n) is 3.87. The molecule has 0 spiro atoms. The van der Waals surface area contributed by atoms with Crippen molar-refractivity contribution in [2.24, 2.45) is 7.05 Å². The van der Waals surface area contributed by atoms with E-state index in [2.05, 4.69) is 15.5 Å². The molecule has 1 fully saturated rings. The summed E-state index contributed by atoms with van der Waals surface area (Å²) in [5.74, 6) is -0.0570. The highest BCUT2D eigenvalue weighted by molar-refractivity contribution is 7.99. The second-order valence-electron chi connectivity index (χ2n) is 7.69. The van der Waals surface area contributed by atoms with Crippen molar-refractivity contribution in [2.75, 3.05) is 17.6 Å². The number of thioether (sulfide) groups is 1. The van der Waals surface area contributed by atoms with Gasteiger partial charge in [-0.3, -0.25) is 9.59 Å². The molecule has 7 nitrogen and oxygen atoms in total. The van der Waals surface area contributed by atoms with Crippen LogP contribution < -0.4 is 5.32 Å². The summed E-state index contributed by atoms with van der Waals surface area (Å²) in [6, 6.07) is 13.4. The van der Waals surface area contributed by atoms with Crippen LogP contribution in [0.3, 0.4) is 0 Å². The summed E-state index contributed by atoms with van der Waals surface area (Å²) >= 11 is 1.22. The first kappa shape index (κ1) is 22.0. The maximum Gasteiger partial charge on any atom is 0.254 e. The Morgan fingerprint density at radius 2 is 1.91 bits per heavy atom. The van der Waals surface area contributed by atoms with E-state index in [4.69, 9.17) is 0 Å². The maximum absolute atomic E-state index is 13.7. The molecule has 1 aromatic heterocycles.